The molecule has 0 aromatic carbocycles. The van der Waals surface area contributed by atoms with Gasteiger partial charge in [-0.2, -0.15) is 0 Å². The Morgan fingerprint density at radius 3 is 2.57 bits per heavy atom. The lowest BCUT2D eigenvalue weighted by Gasteiger charge is -2.14. The summed E-state index contributed by atoms with van der Waals surface area (Å²) in [5.74, 6) is 0.726. The van der Waals surface area contributed by atoms with E-state index in [0.29, 0.717) is 18.9 Å². The fraction of sp³-hybridized carbons (Fsp3) is 0.909. The first-order valence-corrected chi connectivity index (χ1v) is 5.58. The molecule has 3 N–H and O–H groups in total. The van der Waals surface area contributed by atoms with Gasteiger partial charge in [0.15, 0.2) is 0 Å². The van der Waals surface area contributed by atoms with Gasteiger partial charge in [0.05, 0.1) is 0 Å². The van der Waals surface area contributed by atoms with Crippen molar-refractivity contribution in [2.24, 2.45) is 11.7 Å². The predicted molar refractivity (Wildman–Crippen MR) is 60.0 cm³/mol. The highest BCUT2D eigenvalue weighted by molar-refractivity contribution is 5.75. The predicted octanol–water partition coefficient (Wildman–Crippen LogP) is 1.67. The number of nitrogens with one attached hydrogen (secondary N) is 1. The van der Waals surface area contributed by atoms with Gasteiger partial charge in [0.2, 0.25) is 5.91 Å². The molecule has 1 atom stereocenters. The van der Waals surface area contributed by atoms with E-state index in [1.165, 1.54) is 0 Å². The normalized spacial score (nSPS) is 12.9. The Morgan fingerprint density at radius 2 is 2.07 bits per heavy atom. The summed E-state index contributed by atoms with van der Waals surface area (Å²) in [6.45, 7) is 6.97. The van der Waals surface area contributed by atoms with Crippen LogP contribution in [0.2, 0.25) is 0 Å². The van der Waals surface area contributed by atoms with E-state index >= 15 is 0 Å². The minimum absolute atomic E-state index is 0.0978. The molecular weight excluding hydrogens is 176 g/mol. The van der Waals surface area contributed by atoms with Crippen LogP contribution in [0.4, 0.5) is 0 Å². The van der Waals surface area contributed by atoms with Gasteiger partial charge in [-0.3, -0.25) is 4.79 Å². The minimum Gasteiger partial charge on any atom is -0.355 e. The third-order valence-corrected chi connectivity index (χ3v) is 2.09. The Hall–Kier alpha value is -0.570. The molecule has 84 valence electrons. The highest BCUT2D eigenvalue weighted by atomic mass is 16.1. The van der Waals surface area contributed by atoms with Crippen molar-refractivity contribution in [1.29, 1.82) is 0 Å². The third kappa shape index (κ3) is 8.05. The lowest BCUT2D eigenvalue weighted by molar-refractivity contribution is -0.121. The molecule has 0 aliphatic heterocycles. The van der Waals surface area contributed by atoms with E-state index in [0.717, 1.165) is 19.3 Å². The maximum Gasteiger partial charge on any atom is 0.220 e. The molecule has 3 heteroatoms. The number of carbonyl (C=O) groups is 1. The summed E-state index contributed by atoms with van der Waals surface area (Å²) >= 11 is 0. The van der Waals surface area contributed by atoms with Crippen molar-refractivity contribution in [1.82, 2.24) is 5.32 Å². The van der Waals surface area contributed by atoms with E-state index in [2.05, 4.69) is 26.1 Å². The molecule has 14 heavy (non-hydrogen) atoms. The highest BCUT2D eigenvalue weighted by Crippen LogP contribution is 2.01. The standard InChI is InChI=1S/C11H24N2O/c1-4-5-6-11(14)13-8-10(12)7-9(2)3/h9-10H,4-8,12H2,1-3H3,(H,13,14). The molecule has 0 aromatic heterocycles. The van der Waals surface area contributed by atoms with Gasteiger partial charge in [-0.25, -0.2) is 0 Å². The fourth-order valence-electron chi connectivity index (χ4n) is 1.36. The van der Waals surface area contributed by atoms with Crippen LogP contribution in [0.1, 0.15) is 46.5 Å². The molecule has 1 unspecified atom stereocenters. The number of rotatable bonds is 7. The van der Waals surface area contributed by atoms with E-state index in [1.807, 2.05) is 0 Å². The summed E-state index contributed by atoms with van der Waals surface area (Å²) in [6.07, 6.45) is 3.62. The van der Waals surface area contributed by atoms with Gasteiger partial charge in [-0.15, -0.1) is 0 Å². The Labute approximate surface area is 87.4 Å². The zero-order valence-electron chi connectivity index (χ0n) is 9.68. The molecule has 0 saturated carbocycles. The number of amides is 1. The van der Waals surface area contributed by atoms with Crippen molar-refractivity contribution in [3.05, 3.63) is 0 Å². The zero-order chi connectivity index (χ0) is 11.0. The van der Waals surface area contributed by atoms with E-state index in [9.17, 15) is 4.79 Å². The van der Waals surface area contributed by atoms with E-state index in [1.54, 1.807) is 0 Å². The molecular formula is C11H24N2O. The Morgan fingerprint density at radius 1 is 1.43 bits per heavy atom. The average Bonchev–Trinajstić information content (AvgIpc) is 2.10. The van der Waals surface area contributed by atoms with Gasteiger partial charge in [-0.1, -0.05) is 27.2 Å². The van der Waals surface area contributed by atoms with Crippen LogP contribution in [0.3, 0.4) is 0 Å². The van der Waals surface area contributed by atoms with Crippen molar-refractivity contribution in [2.75, 3.05) is 6.54 Å². The molecule has 1 amide bonds. The van der Waals surface area contributed by atoms with Crippen molar-refractivity contribution >= 4 is 5.91 Å². The largest absolute Gasteiger partial charge is 0.355 e. The lowest BCUT2D eigenvalue weighted by Crippen LogP contribution is -2.37. The third-order valence-electron chi connectivity index (χ3n) is 2.09. The quantitative estimate of drug-likeness (QED) is 0.657. The minimum atomic E-state index is 0.0978. The van der Waals surface area contributed by atoms with Crippen LogP contribution in [-0.2, 0) is 4.79 Å². The van der Waals surface area contributed by atoms with Crippen LogP contribution in [0, 0.1) is 5.92 Å². The molecule has 0 saturated heterocycles. The molecule has 0 bridgehead atoms. The van der Waals surface area contributed by atoms with E-state index in [-0.39, 0.29) is 11.9 Å². The van der Waals surface area contributed by atoms with Gasteiger partial charge >= 0.3 is 0 Å². The molecule has 0 aliphatic rings. The fourth-order valence-corrected chi connectivity index (χ4v) is 1.36. The molecule has 0 radical (unpaired) electrons. The van der Waals surface area contributed by atoms with E-state index in [4.69, 9.17) is 5.73 Å². The van der Waals surface area contributed by atoms with Crippen LogP contribution in [0.15, 0.2) is 0 Å². The number of hydrogen-bond donors (Lipinski definition) is 2. The van der Waals surface area contributed by atoms with Crippen LogP contribution >= 0.6 is 0 Å². The van der Waals surface area contributed by atoms with Crippen molar-refractivity contribution in [2.45, 2.75) is 52.5 Å². The second-order valence-corrected chi connectivity index (χ2v) is 4.30. The first-order chi connectivity index (χ1) is 6.56. The van der Waals surface area contributed by atoms with Gasteiger partial charge < -0.3 is 11.1 Å². The molecule has 0 aromatic rings. The van der Waals surface area contributed by atoms with Gasteiger partial charge in [-0.05, 0) is 18.8 Å². The molecule has 0 rings (SSSR count). The van der Waals surface area contributed by atoms with Crippen LogP contribution in [-0.4, -0.2) is 18.5 Å². The summed E-state index contributed by atoms with van der Waals surface area (Å²) in [7, 11) is 0. The van der Waals surface area contributed by atoms with Gasteiger partial charge in [0, 0.05) is 19.0 Å². The molecule has 3 nitrogen and oxygen atoms in total. The van der Waals surface area contributed by atoms with Crippen molar-refractivity contribution in [3.8, 4) is 0 Å². The topological polar surface area (TPSA) is 55.1 Å². The monoisotopic (exact) mass is 200 g/mol. The van der Waals surface area contributed by atoms with E-state index < -0.39 is 0 Å². The van der Waals surface area contributed by atoms with Crippen LogP contribution in [0.25, 0.3) is 0 Å². The number of hydrogen-bond acceptors (Lipinski definition) is 2. The van der Waals surface area contributed by atoms with Crippen LogP contribution in [0.5, 0.6) is 0 Å². The molecule has 0 fully saturated rings. The Kier molecular flexibility index (Phi) is 7.48. The smallest absolute Gasteiger partial charge is 0.220 e. The molecule has 0 spiro atoms. The van der Waals surface area contributed by atoms with Crippen molar-refractivity contribution < 1.29 is 4.79 Å². The van der Waals surface area contributed by atoms with Crippen LogP contribution < -0.4 is 11.1 Å². The second-order valence-electron chi connectivity index (χ2n) is 4.30. The summed E-state index contributed by atoms with van der Waals surface area (Å²) in [4.78, 5) is 11.2. The zero-order valence-corrected chi connectivity index (χ0v) is 9.68. The summed E-state index contributed by atoms with van der Waals surface area (Å²) < 4.78 is 0. The Bertz CT molecular complexity index is 157. The summed E-state index contributed by atoms with van der Waals surface area (Å²) in [5, 5.41) is 2.86. The maximum absolute atomic E-state index is 11.2. The number of nitrogens with two attached hydrogens (primary N) is 1. The number of carbonyl (C=O) groups excluding carboxylic acids is 1. The molecule has 0 aliphatic carbocycles. The highest BCUT2D eigenvalue weighted by Gasteiger charge is 2.07. The summed E-state index contributed by atoms with van der Waals surface area (Å²) in [6, 6.07) is 0.0978. The molecule has 0 heterocycles. The summed E-state index contributed by atoms with van der Waals surface area (Å²) in [5.41, 5.74) is 5.84. The lowest BCUT2D eigenvalue weighted by atomic mass is 10.0. The first-order valence-electron chi connectivity index (χ1n) is 5.58. The first kappa shape index (κ1) is 13.4. The van der Waals surface area contributed by atoms with Crippen molar-refractivity contribution in [3.63, 3.8) is 0 Å². The maximum atomic E-state index is 11.2. The Balaban J connectivity index is 3.45. The average molecular weight is 200 g/mol. The van der Waals surface area contributed by atoms with Gasteiger partial charge in [0.1, 0.15) is 0 Å². The second kappa shape index (κ2) is 7.80. The van der Waals surface area contributed by atoms with Gasteiger partial charge in [0.25, 0.3) is 0 Å². The SMILES string of the molecule is CCCCC(=O)NCC(N)CC(C)C. The number of unbranched alkanes of at least 4 members (excludes halogenated alkanes) is 1.